The Balaban J connectivity index is 1.36. The van der Waals surface area contributed by atoms with Crippen molar-refractivity contribution in [1.82, 2.24) is 29.7 Å². The van der Waals surface area contributed by atoms with E-state index in [-0.39, 0.29) is 12.5 Å². The van der Waals surface area contributed by atoms with E-state index in [2.05, 4.69) is 20.5 Å². The molecular weight excluding hydrogens is 356 g/mol. The molecule has 1 amide bonds. The van der Waals surface area contributed by atoms with Crippen LogP contribution in [-0.4, -0.2) is 48.5 Å². The van der Waals surface area contributed by atoms with Gasteiger partial charge in [-0.25, -0.2) is 14.2 Å². The van der Waals surface area contributed by atoms with Crippen LogP contribution in [0.25, 0.3) is 11.3 Å². The van der Waals surface area contributed by atoms with E-state index in [4.69, 9.17) is 5.11 Å². The van der Waals surface area contributed by atoms with Gasteiger partial charge in [0.2, 0.25) is 0 Å². The second kappa shape index (κ2) is 8.01. The first kappa shape index (κ1) is 17.9. The van der Waals surface area contributed by atoms with Crippen LogP contribution >= 0.6 is 0 Å². The molecule has 142 valence electrons. The number of rotatable bonds is 7. The van der Waals surface area contributed by atoms with Gasteiger partial charge in [-0.1, -0.05) is 18.2 Å². The molecule has 4 rings (SSSR count). The lowest BCUT2D eigenvalue weighted by molar-refractivity contribution is 0.0949. The summed E-state index contributed by atoms with van der Waals surface area (Å²) < 4.78 is 3.37. The smallest absolute Gasteiger partial charge is 0.271 e. The van der Waals surface area contributed by atoms with Crippen LogP contribution < -0.4 is 5.32 Å². The minimum absolute atomic E-state index is 0.0443. The van der Waals surface area contributed by atoms with E-state index < -0.39 is 0 Å². The molecule has 0 radical (unpaired) electrons. The predicted octanol–water partition coefficient (Wildman–Crippen LogP) is 1.42. The van der Waals surface area contributed by atoms with Crippen LogP contribution in [0.4, 0.5) is 0 Å². The van der Waals surface area contributed by atoms with Crippen LogP contribution in [0.5, 0.6) is 0 Å². The number of benzene rings is 1. The lowest BCUT2D eigenvalue weighted by Gasteiger charge is -2.01. The highest BCUT2D eigenvalue weighted by Gasteiger charge is 2.12. The molecule has 1 aromatic carbocycles. The molecule has 0 bridgehead atoms. The van der Waals surface area contributed by atoms with Gasteiger partial charge in [0.15, 0.2) is 11.3 Å². The second-order valence-corrected chi connectivity index (χ2v) is 6.40. The summed E-state index contributed by atoms with van der Waals surface area (Å²) in [6.07, 6.45) is 8.38. The van der Waals surface area contributed by atoms with Crippen LogP contribution in [0.3, 0.4) is 0 Å². The molecule has 4 aromatic rings. The van der Waals surface area contributed by atoms with Gasteiger partial charge in [0.1, 0.15) is 0 Å². The topological polar surface area (TPSA) is 97.3 Å². The van der Waals surface area contributed by atoms with Crippen LogP contribution in [0.15, 0.2) is 61.2 Å². The summed E-state index contributed by atoms with van der Waals surface area (Å²) in [5, 5.41) is 20.5. The minimum Gasteiger partial charge on any atom is -0.396 e. The maximum absolute atomic E-state index is 12.4. The Bertz CT molecular complexity index is 1090. The fraction of sp³-hybridized carbons (Fsp3) is 0.200. The maximum atomic E-state index is 12.4. The number of aliphatic hydroxyl groups is 1. The standard InChI is InChI=1S/C20H20N6O2/c27-9-7-16-11-22-19-10-18(24-26(19)14-16)20(28)21-8-6-15-12-23-25(13-15)17-4-2-1-3-5-17/h1-5,10-14,27H,6-9H2,(H,21,28). The molecule has 3 aromatic heterocycles. The Kier molecular flexibility index (Phi) is 5.11. The molecule has 8 heteroatoms. The number of fused-ring (bicyclic) bond motifs is 1. The van der Waals surface area contributed by atoms with Gasteiger partial charge in [0, 0.05) is 37.8 Å². The number of carbonyl (C=O) groups is 1. The van der Waals surface area contributed by atoms with Crippen molar-refractivity contribution in [2.75, 3.05) is 13.2 Å². The average molecular weight is 376 g/mol. The Morgan fingerprint density at radius 3 is 2.71 bits per heavy atom. The number of carbonyl (C=O) groups excluding carboxylic acids is 1. The zero-order valence-electron chi connectivity index (χ0n) is 15.2. The van der Waals surface area contributed by atoms with Crippen molar-refractivity contribution in [3.05, 3.63) is 78.0 Å². The van der Waals surface area contributed by atoms with E-state index in [1.807, 2.05) is 41.2 Å². The van der Waals surface area contributed by atoms with Crippen molar-refractivity contribution in [3.8, 4) is 5.69 Å². The average Bonchev–Trinajstić information content (AvgIpc) is 3.35. The SMILES string of the molecule is O=C(NCCc1cnn(-c2ccccc2)c1)c1cc2ncc(CCO)cn2n1. The summed E-state index contributed by atoms with van der Waals surface area (Å²) in [6, 6.07) is 11.5. The first-order valence-electron chi connectivity index (χ1n) is 9.05. The molecule has 0 saturated carbocycles. The van der Waals surface area contributed by atoms with E-state index in [9.17, 15) is 4.79 Å². The molecule has 0 fully saturated rings. The summed E-state index contributed by atoms with van der Waals surface area (Å²) in [5.74, 6) is -0.246. The molecule has 0 aliphatic rings. The van der Waals surface area contributed by atoms with E-state index in [0.29, 0.717) is 30.7 Å². The zero-order valence-corrected chi connectivity index (χ0v) is 15.2. The van der Waals surface area contributed by atoms with Crippen molar-refractivity contribution in [1.29, 1.82) is 0 Å². The summed E-state index contributed by atoms with van der Waals surface area (Å²) in [4.78, 5) is 16.6. The van der Waals surface area contributed by atoms with Crippen molar-refractivity contribution >= 4 is 11.6 Å². The van der Waals surface area contributed by atoms with Gasteiger partial charge in [0.25, 0.3) is 5.91 Å². The molecule has 0 aliphatic heterocycles. The van der Waals surface area contributed by atoms with Crippen molar-refractivity contribution < 1.29 is 9.90 Å². The van der Waals surface area contributed by atoms with Crippen molar-refractivity contribution in [2.24, 2.45) is 0 Å². The van der Waals surface area contributed by atoms with Crippen LogP contribution in [0, 0.1) is 0 Å². The van der Waals surface area contributed by atoms with Gasteiger partial charge in [0.05, 0.1) is 11.9 Å². The summed E-state index contributed by atoms with van der Waals surface area (Å²) in [7, 11) is 0. The molecule has 28 heavy (non-hydrogen) atoms. The molecule has 2 N–H and O–H groups in total. The number of para-hydroxylation sites is 1. The third-order valence-electron chi connectivity index (χ3n) is 4.36. The monoisotopic (exact) mass is 376 g/mol. The van der Waals surface area contributed by atoms with Crippen LogP contribution in [0.1, 0.15) is 21.6 Å². The third-order valence-corrected chi connectivity index (χ3v) is 4.36. The lowest BCUT2D eigenvalue weighted by atomic mass is 10.2. The highest BCUT2D eigenvalue weighted by Crippen LogP contribution is 2.09. The molecule has 0 aliphatic carbocycles. The Morgan fingerprint density at radius 1 is 1.07 bits per heavy atom. The third kappa shape index (κ3) is 3.91. The first-order chi connectivity index (χ1) is 13.7. The van der Waals surface area contributed by atoms with E-state index >= 15 is 0 Å². The number of amides is 1. The number of hydrogen-bond donors (Lipinski definition) is 2. The minimum atomic E-state index is -0.246. The highest BCUT2D eigenvalue weighted by atomic mass is 16.3. The Morgan fingerprint density at radius 2 is 1.89 bits per heavy atom. The van der Waals surface area contributed by atoms with Gasteiger partial charge in [-0.05, 0) is 36.1 Å². The second-order valence-electron chi connectivity index (χ2n) is 6.40. The van der Waals surface area contributed by atoms with Gasteiger partial charge in [-0.15, -0.1) is 0 Å². The largest absolute Gasteiger partial charge is 0.396 e. The fourth-order valence-corrected chi connectivity index (χ4v) is 2.91. The number of aromatic nitrogens is 5. The number of hydrogen-bond acceptors (Lipinski definition) is 5. The number of nitrogens with zero attached hydrogens (tertiary/aromatic N) is 5. The zero-order chi connectivity index (χ0) is 19.3. The predicted molar refractivity (Wildman–Crippen MR) is 103 cm³/mol. The summed E-state index contributed by atoms with van der Waals surface area (Å²) in [6.45, 7) is 0.527. The van der Waals surface area contributed by atoms with E-state index in [1.165, 1.54) is 0 Å². The molecule has 3 heterocycles. The van der Waals surface area contributed by atoms with Crippen molar-refractivity contribution in [3.63, 3.8) is 0 Å². The maximum Gasteiger partial charge on any atom is 0.271 e. The molecule has 0 saturated heterocycles. The van der Waals surface area contributed by atoms with Crippen molar-refractivity contribution in [2.45, 2.75) is 12.8 Å². The van der Waals surface area contributed by atoms with Gasteiger partial charge in [-0.3, -0.25) is 4.79 Å². The number of aliphatic hydroxyl groups excluding tert-OH is 1. The summed E-state index contributed by atoms with van der Waals surface area (Å²) >= 11 is 0. The summed E-state index contributed by atoms with van der Waals surface area (Å²) in [5.41, 5.74) is 3.80. The quantitative estimate of drug-likeness (QED) is 0.508. The lowest BCUT2D eigenvalue weighted by Crippen LogP contribution is -2.26. The van der Waals surface area contributed by atoms with Gasteiger partial charge >= 0.3 is 0 Å². The van der Waals surface area contributed by atoms with Crippen LogP contribution in [0.2, 0.25) is 0 Å². The fourth-order valence-electron chi connectivity index (χ4n) is 2.91. The molecule has 0 spiro atoms. The molecule has 8 nitrogen and oxygen atoms in total. The highest BCUT2D eigenvalue weighted by molar-refractivity contribution is 5.93. The van der Waals surface area contributed by atoms with Gasteiger partial charge < -0.3 is 10.4 Å². The first-order valence-corrected chi connectivity index (χ1v) is 9.05. The number of nitrogens with one attached hydrogen (secondary N) is 1. The van der Waals surface area contributed by atoms with Gasteiger partial charge in [-0.2, -0.15) is 10.2 Å². The Hall–Kier alpha value is -3.52. The van der Waals surface area contributed by atoms with Crippen LogP contribution in [-0.2, 0) is 12.8 Å². The van der Waals surface area contributed by atoms with E-state index in [1.54, 1.807) is 29.2 Å². The van der Waals surface area contributed by atoms with E-state index in [0.717, 1.165) is 16.8 Å². The normalized spacial score (nSPS) is 11.0. The Labute approximate surface area is 161 Å². The molecule has 0 atom stereocenters. The molecular formula is C20H20N6O2. The molecule has 0 unspecified atom stereocenters.